The van der Waals surface area contributed by atoms with Crippen molar-refractivity contribution in [1.82, 2.24) is 4.98 Å². The molecule has 2 aromatic carbocycles. The van der Waals surface area contributed by atoms with E-state index in [2.05, 4.69) is 9.98 Å². The van der Waals surface area contributed by atoms with Gasteiger partial charge >= 0.3 is 0 Å². The van der Waals surface area contributed by atoms with Crippen molar-refractivity contribution in [3.63, 3.8) is 0 Å². The van der Waals surface area contributed by atoms with E-state index in [0.717, 1.165) is 10.9 Å². The summed E-state index contributed by atoms with van der Waals surface area (Å²) in [6.45, 7) is 0. The number of hydrogen-bond donors (Lipinski definition) is 2. The van der Waals surface area contributed by atoms with Crippen molar-refractivity contribution in [3.8, 4) is 23.1 Å². The van der Waals surface area contributed by atoms with Gasteiger partial charge in [0.1, 0.15) is 0 Å². The van der Waals surface area contributed by atoms with Crippen molar-refractivity contribution >= 4 is 22.8 Å². The summed E-state index contributed by atoms with van der Waals surface area (Å²) < 4.78 is 15.9. The molecular formula is C18H18N2O4. The normalized spacial score (nSPS) is 11.1. The van der Waals surface area contributed by atoms with Gasteiger partial charge in [-0.15, -0.1) is 0 Å². The number of H-pyrrole nitrogens is 1. The molecule has 0 radical (unpaired) electrons. The van der Waals surface area contributed by atoms with Gasteiger partial charge in [0.15, 0.2) is 17.4 Å². The molecule has 0 aliphatic heterocycles. The van der Waals surface area contributed by atoms with Crippen LogP contribution in [0.15, 0.2) is 41.4 Å². The summed E-state index contributed by atoms with van der Waals surface area (Å²) in [5.41, 5.74) is 2.09. The Balaban J connectivity index is 2.04. The Morgan fingerprint density at radius 1 is 1.00 bits per heavy atom. The monoisotopic (exact) mass is 326 g/mol. The van der Waals surface area contributed by atoms with Gasteiger partial charge in [-0.05, 0) is 6.07 Å². The average Bonchev–Trinajstić information content (AvgIpc) is 2.94. The fraction of sp³-hybridized carbons (Fsp3) is 0.167. The molecule has 0 unspecified atom stereocenters. The molecule has 0 fully saturated rings. The number of nitrogens with one attached hydrogen (secondary N) is 1. The summed E-state index contributed by atoms with van der Waals surface area (Å²) >= 11 is 0. The predicted molar refractivity (Wildman–Crippen MR) is 93.3 cm³/mol. The molecule has 0 aliphatic rings. The highest BCUT2D eigenvalue weighted by Crippen LogP contribution is 2.41. The first kappa shape index (κ1) is 15.7. The SMILES string of the molecule is COc1cc(N=Cc2c(O)[nH]c3ccccc23)cc(OC)c1OC. The van der Waals surface area contributed by atoms with E-state index in [9.17, 15) is 5.11 Å². The smallest absolute Gasteiger partial charge is 0.203 e. The number of benzene rings is 2. The number of ether oxygens (including phenoxy) is 3. The molecule has 24 heavy (non-hydrogen) atoms. The number of aromatic amines is 1. The van der Waals surface area contributed by atoms with Gasteiger partial charge in [0.05, 0.1) is 32.6 Å². The number of para-hydroxylation sites is 1. The van der Waals surface area contributed by atoms with Gasteiger partial charge in [-0.25, -0.2) is 0 Å². The first-order valence-electron chi connectivity index (χ1n) is 7.31. The first-order valence-corrected chi connectivity index (χ1v) is 7.31. The summed E-state index contributed by atoms with van der Waals surface area (Å²) in [7, 11) is 4.65. The second kappa shape index (κ2) is 6.54. The Bertz CT molecular complexity index is 874. The van der Waals surface area contributed by atoms with Crippen LogP contribution in [0.3, 0.4) is 0 Å². The van der Waals surface area contributed by atoms with Crippen molar-refractivity contribution < 1.29 is 19.3 Å². The van der Waals surface area contributed by atoms with Gasteiger partial charge < -0.3 is 24.3 Å². The summed E-state index contributed by atoms with van der Waals surface area (Å²) in [5.74, 6) is 1.63. The molecule has 0 atom stereocenters. The number of nitrogens with zero attached hydrogens (tertiary/aromatic N) is 1. The molecule has 0 amide bonds. The maximum atomic E-state index is 10.1. The third-order valence-electron chi connectivity index (χ3n) is 3.72. The number of aliphatic imine (C=N–C) groups is 1. The van der Waals surface area contributed by atoms with Crippen LogP contribution < -0.4 is 14.2 Å². The summed E-state index contributed by atoms with van der Waals surface area (Å²) in [6.07, 6.45) is 1.61. The maximum absolute atomic E-state index is 10.1. The van der Waals surface area contributed by atoms with Crippen molar-refractivity contribution in [3.05, 3.63) is 42.0 Å². The van der Waals surface area contributed by atoms with E-state index in [4.69, 9.17) is 14.2 Å². The van der Waals surface area contributed by atoms with Gasteiger partial charge in [-0.3, -0.25) is 4.99 Å². The molecule has 6 heteroatoms. The van der Waals surface area contributed by atoms with Crippen LogP contribution in [0.4, 0.5) is 5.69 Å². The van der Waals surface area contributed by atoms with Crippen molar-refractivity contribution in [1.29, 1.82) is 0 Å². The fourth-order valence-electron chi connectivity index (χ4n) is 2.56. The van der Waals surface area contributed by atoms with Crippen molar-refractivity contribution in [2.45, 2.75) is 0 Å². The van der Waals surface area contributed by atoms with Crippen LogP contribution >= 0.6 is 0 Å². The third-order valence-corrected chi connectivity index (χ3v) is 3.72. The fourth-order valence-corrected chi connectivity index (χ4v) is 2.56. The van der Waals surface area contributed by atoms with Crippen LogP contribution in [0.1, 0.15) is 5.56 Å². The predicted octanol–water partition coefficient (Wildman–Crippen LogP) is 3.65. The van der Waals surface area contributed by atoms with Gasteiger partial charge in [0.25, 0.3) is 0 Å². The molecule has 1 aromatic heterocycles. The molecule has 3 aromatic rings. The van der Waals surface area contributed by atoms with E-state index < -0.39 is 0 Å². The third kappa shape index (κ3) is 2.74. The highest BCUT2D eigenvalue weighted by Gasteiger charge is 2.13. The molecule has 1 heterocycles. The Kier molecular flexibility index (Phi) is 4.29. The average molecular weight is 326 g/mol. The van der Waals surface area contributed by atoms with E-state index in [1.807, 2.05) is 24.3 Å². The second-order valence-corrected chi connectivity index (χ2v) is 5.07. The number of rotatable bonds is 5. The van der Waals surface area contributed by atoms with Crippen molar-refractivity contribution in [2.75, 3.05) is 21.3 Å². The minimum absolute atomic E-state index is 0.0763. The van der Waals surface area contributed by atoms with Crippen LogP contribution in [-0.4, -0.2) is 37.6 Å². The molecular weight excluding hydrogens is 308 g/mol. The maximum Gasteiger partial charge on any atom is 0.203 e. The topological polar surface area (TPSA) is 76.1 Å². The number of methoxy groups -OCH3 is 3. The molecule has 6 nitrogen and oxygen atoms in total. The Morgan fingerprint density at radius 2 is 1.67 bits per heavy atom. The van der Waals surface area contributed by atoms with Crippen molar-refractivity contribution in [2.24, 2.45) is 4.99 Å². The quantitative estimate of drug-likeness (QED) is 0.702. The van der Waals surface area contributed by atoms with E-state index in [1.165, 1.54) is 0 Å². The zero-order valence-electron chi connectivity index (χ0n) is 13.7. The second-order valence-electron chi connectivity index (χ2n) is 5.07. The highest BCUT2D eigenvalue weighted by atomic mass is 16.5. The molecule has 0 aliphatic carbocycles. The van der Waals surface area contributed by atoms with Gasteiger partial charge in [0, 0.05) is 29.3 Å². The van der Waals surface area contributed by atoms with E-state index in [1.54, 1.807) is 39.7 Å². The van der Waals surface area contributed by atoms with Gasteiger partial charge in [0.2, 0.25) is 5.75 Å². The lowest BCUT2D eigenvalue weighted by molar-refractivity contribution is 0.324. The summed E-state index contributed by atoms with van der Waals surface area (Å²) in [4.78, 5) is 7.35. The van der Waals surface area contributed by atoms with E-state index >= 15 is 0 Å². The lowest BCUT2D eigenvalue weighted by atomic mass is 10.2. The Labute approximate surface area is 139 Å². The van der Waals surface area contributed by atoms with Gasteiger partial charge in [-0.1, -0.05) is 18.2 Å². The Hall–Kier alpha value is -3.15. The molecule has 3 rings (SSSR count). The minimum atomic E-state index is 0.0763. The van der Waals surface area contributed by atoms with Crippen LogP contribution in [0.2, 0.25) is 0 Å². The summed E-state index contributed by atoms with van der Waals surface area (Å²) in [5, 5.41) is 11.0. The number of aromatic nitrogens is 1. The molecule has 0 saturated heterocycles. The molecule has 0 saturated carbocycles. The lowest BCUT2D eigenvalue weighted by Gasteiger charge is -2.12. The molecule has 124 valence electrons. The van der Waals surface area contributed by atoms with Crippen LogP contribution in [0.5, 0.6) is 23.1 Å². The van der Waals surface area contributed by atoms with Crippen LogP contribution in [0.25, 0.3) is 10.9 Å². The highest BCUT2D eigenvalue weighted by molar-refractivity contribution is 6.02. The lowest BCUT2D eigenvalue weighted by Crippen LogP contribution is -1.94. The number of hydrogen-bond acceptors (Lipinski definition) is 5. The Morgan fingerprint density at radius 3 is 2.29 bits per heavy atom. The summed E-state index contributed by atoms with van der Waals surface area (Å²) in [6, 6.07) is 11.1. The number of fused-ring (bicyclic) bond motifs is 1. The minimum Gasteiger partial charge on any atom is -0.494 e. The van der Waals surface area contributed by atoms with Crippen LogP contribution in [0, 0.1) is 0 Å². The molecule has 2 N–H and O–H groups in total. The first-order chi connectivity index (χ1) is 11.7. The van der Waals surface area contributed by atoms with E-state index in [0.29, 0.717) is 28.5 Å². The zero-order chi connectivity index (χ0) is 17.1. The number of aromatic hydroxyl groups is 1. The van der Waals surface area contributed by atoms with Crippen LogP contribution in [-0.2, 0) is 0 Å². The molecule has 0 spiro atoms. The van der Waals surface area contributed by atoms with Gasteiger partial charge in [-0.2, -0.15) is 0 Å². The molecule has 0 bridgehead atoms. The zero-order valence-corrected chi connectivity index (χ0v) is 13.7. The van der Waals surface area contributed by atoms with E-state index in [-0.39, 0.29) is 5.88 Å². The largest absolute Gasteiger partial charge is 0.494 e. The standard InChI is InChI=1S/C18H18N2O4/c1-22-15-8-11(9-16(23-2)17(15)24-3)19-10-13-12-6-4-5-7-14(12)20-18(13)21/h4-10,20-21H,1-3H3.